The van der Waals surface area contributed by atoms with E-state index in [9.17, 15) is 9.59 Å². The van der Waals surface area contributed by atoms with E-state index >= 15 is 0 Å². The average Bonchev–Trinajstić information content (AvgIpc) is 2.69. The van der Waals surface area contributed by atoms with Crippen molar-refractivity contribution in [1.82, 2.24) is 5.32 Å². The molecule has 0 aromatic heterocycles. The number of nitrogens with one attached hydrogen (secondary N) is 1. The summed E-state index contributed by atoms with van der Waals surface area (Å²) in [5, 5.41) is 2.62. The largest absolute Gasteiger partial charge is 0.496 e. The lowest BCUT2D eigenvalue weighted by molar-refractivity contribution is -0.122. The minimum absolute atomic E-state index is 0.0337. The van der Waals surface area contributed by atoms with Crippen molar-refractivity contribution in [2.45, 2.75) is 13.8 Å². The highest BCUT2D eigenvalue weighted by molar-refractivity contribution is 7.80. The molecular formula is C22H22N2O5S. The molecule has 1 N–H and O–H groups in total. The molecule has 2 amide bonds. The fourth-order valence-corrected chi connectivity index (χ4v) is 3.57. The molecule has 1 saturated heterocycles. The number of ether oxygens (including phenoxy) is 3. The van der Waals surface area contributed by atoms with Crippen LogP contribution in [0.4, 0.5) is 5.69 Å². The van der Waals surface area contributed by atoms with Crippen LogP contribution in [0.15, 0.2) is 35.9 Å². The highest BCUT2D eigenvalue weighted by atomic mass is 32.1. The van der Waals surface area contributed by atoms with Gasteiger partial charge < -0.3 is 14.2 Å². The van der Waals surface area contributed by atoms with Gasteiger partial charge in [-0.3, -0.25) is 19.8 Å². The summed E-state index contributed by atoms with van der Waals surface area (Å²) in [6.07, 6.45) is 1.45. The second kappa shape index (κ2) is 8.54. The molecule has 3 rings (SSSR count). The predicted molar refractivity (Wildman–Crippen MR) is 118 cm³/mol. The van der Waals surface area contributed by atoms with Gasteiger partial charge >= 0.3 is 0 Å². The fourth-order valence-electron chi connectivity index (χ4n) is 3.29. The molecule has 30 heavy (non-hydrogen) atoms. The molecule has 1 fully saturated rings. The van der Waals surface area contributed by atoms with Crippen molar-refractivity contribution in [3.63, 3.8) is 0 Å². The third kappa shape index (κ3) is 3.99. The smallest absolute Gasteiger partial charge is 0.270 e. The van der Waals surface area contributed by atoms with Crippen LogP contribution in [0.2, 0.25) is 0 Å². The van der Waals surface area contributed by atoms with Gasteiger partial charge in [-0.15, -0.1) is 0 Å². The van der Waals surface area contributed by atoms with Crippen LogP contribution >= 0.6 is 12.2 Å². The first-order valence-electron chi connectivity index (χ1n) is 9.08. The van der Waals surface area contributed by atoms with Crippen molar-refractivity contribution in [1.29, 1.82) is 0 Å². The number of benzene rings is 2. The molecule has 8 heteroatoms. The molecule has 0 spiro atoms. The van der Waals surface area contributed by atoms with Gasteiger partial charge in [-0.2, -0.15) is 0 Å². The van der Waals surface area contributed by atoms with Gasteiger partial charge in [0.2, 0.25) is 0 Å². The third-order valence-corrected chi connectivity index (χ3v) is 4.89. The molecule has 0 radical (unpaired) electrons. The number of anilines is 1. The Morgan fingerprint density at radius 1 is 0.867 bits per heavy atom. The number of rotatable bonds is 5. The van der Waals surface area contributed by atoms with E-state index in [1.165, 1.54) is 32.3 Å². The average molecular weight is 426 g/mol. The van der Waals surface area contributed by atoms with Crippen molar-refractivity contribution < 1.29 is 23.8 Å². The summed E-state index contributed by atoms with van der Waals surface area (Å²) >= 11 is 5.27. The first-order chi connectivity index (χ1) is 14.3. The number of hydrogen-bond donors (Lipinski definition) is 1. The highest BCUT2D eigenvalue weighted by Crippen LogP contribution is 2.36. The Balaban J connectivity index is 2.11. The van der Waals surface area contributed by atoms with Crippen LogP contribution in [0.3, 0.4) is 0 Å². The number of carbonyl (C=O) groups excluding carboxylic acids is 2. The van der Waals surface area contributed by atoms with E-state index in [-0.39, 0.29) is 10.7 Å². The zero-order valence-electron chi connectivity index (χ0n) is 17.4. The summed E-state index contributed by atoms with van der Waals surface area (Å²) in [7, 11) is 4.50. The summed E-state index contributed by atoms with van der Waals surface area (Å²) in [4.78, 5) is 27.2. The lowest BCUT2D eigenvalue weighted by Gasteiger charge is -2.29. The third-order valence-electron chi connectivity index (χ3n) is 4.60. The molecular weight excluding hydrogens is 404 g/mol. The molecule has 0 bridgehead atoms. The van der Waals surface area contributed by atoms with Crippen LogP contribution in [-0.2, 0) is 9.59 Å². The number of methoxy groups -OCH3 is 3. The minimum atomic E-state index is -0.581. The van der Waals surface area contributed by atoms with Gasteiger partial charge in [0.05, 0.1) is 27.0 Å². The molecule has 0 aliphatic carbocycles. The molecule has 7 nitrogen and oxygen atoms in total. The highest BCUT2D eigenvalue weighted by Gasteiger charge is 2.35. The standard InChI is InChI=1S/C22H22N2O5S/c1-12-6-13(2)8-15(7-12)24-21(26)16(20(25)23-22(24)30)9-14-10-18(28-4)19(29-5)11-17(14)27-3/h6-11H,1-5H3,(H,23,25,30)/b16-9+. The van der Waals surface area contributed by atoms with E-state index in [1.807, 2.05) is 32.0 Å². The Hall–Kier alpha value is -3.39. The van der Waals surface area contributed by atoms with E-state index < -0.39 is 11.8 Å². The van der Waals surface area contributed by atoms with Crippen molar-refractivity contribution in [2.75, 3.05) is 26.2 Å². The van der Waals surface area contributed by atoms with E-state index in [0.29, 0.717) is 28.5 Å². The van der Waals surface area contributed by atoms with Crippen LogP contribution in [0.1, 0.15) is 16.7 Å². The normalized spacial score (nSPS) is 15.3. The summed E-state index contributed by atoms with van der Waals surface area (Å²) in [5.74, 6) is 0.226. The van der Waals surface area contributed by atoms with E-state index in [1.54, 1.807) is 12.1 Å². The van der Waals surface area contributed by atoms with Crippen molar-refractivity contribution in [2.24, 2.45) is 0 Å². The summed E-state index contributed by atoms with van der Waals surface area (Å²) in [6.45, 7) is 3.86. The quantitative estimate of drug-likeness (QED) is 0.450. The van der Waals surface area contributed by atoms with E-state index in [0.717, 1.165) is 11.1 Å². The Labute approximate surface area is 180 Å². The van der Waals surface area contributed by atoms with Gasteiger partial charge in [-0.25, -0.2) is 0 Å². The maximum Gasteiger partial charge on any atom is 0.270 e. The molecule has 156 valence electrons. The zero-order valence-corrected chi connectivity index (χ0v) is 18.2. The van der Waals surface area contributed by atoms with Gasteiger partial charge in [0.15, 0.2) is 16.6 Å². The first kappa shape index (κ1) is 21.3. The Morgan fingerprint density at radius 3 is 2.00 bits per heavy atom. The van der Waals surface area contributed by atoms with Gasteiger partial charge in [-0.05, 0) is 61.5 Å². The van der Waals surface area contributed by atoms with Crippen molar-refractivity contribution in [3.8, 4) is 17.2 Å². The molecule has 0 saturated carbocycles. The molecule has 0 atom stereocenters. The van der Waals surface area contributed by atoms with Crippen LogP contribution in [0, 0.1) is 13.8 Å². The first-order valence-corrected chi connectivity index (χ1v) is 9.49. The van der Waals surface area contributed by atoms with Crippen LogP contribution in [0.25, 0.3) is 6.08 Å². The molecule has 0 unspecified atom stereocenters. The number of nitrogens with zero attached hydrogens (tertiary/aromatic N) is 1. The zero-order chi connectivity index (χ0) is 22.0. The summed E-state index contributed by atoms with van der Waals surface area (Å²) in [5.41, 5.74) is 2.96. The number of hydrogen-bond acceptors (Lipinski definition) is 6. The van der Waals surface area contributed by atoms with Gasteiger partial charge in [0, 0.05) is 11.6 Å². The summed E-state index contributed by atoms with van der Waals surface area (Å²) < 4.78 is 16.0. The predicted octanol–water partition coefficient (Wildman–Crippen LogP) is 3.16. The van der Waals surface area contributed by atoms with Crippen LogP contribution in [0.5, 0.6) is 17.2 Å². The van der Waals surface area contributed by atoms with Gasteiger partial charge in [-0.1, -0.05) is 6.07 Å². The SMILES string of the molecule is COc1cc(OC)c(OC)cc1/C=C1\C(=O)NC(=S)N(c2cc(C)cc(C)c2)C1=O. The lowest BCUT2D eigenvalue weighted by atomic mass is 10.0. The van der Waals surface area contributed by atoms with Gasteiger partial charge in [0.25, 0.3) is 11.8 Å². The topological polar surface area (TPSA) is 77.1 Å². The molecule has 2 aromatic carbocycles. The lowest BCUT2D eigenvalue weighted by Crippen LogP contribution is -2.54. The minimum Gasteiger partial charge on any atom is -0.496 e. The number of thiocarbonyl (C=S) groups is 1. The summed E-state index contributed by atoms with van der Waals surface area (Å²) in [6, 6.07) is 8.93. The molecule has 1 aliphatic rings. The molecule has 2 aromatic rings. The van der Waals surface area contributed by atoms with Crippen molar-refractivity contribution >= 4 is 40.9 Å². The van der Waals surface area contributed by atoms with E-state index in [2.05, 4.69) is 5.32 Å². The Morgan fingerprint density at radius 2 is 1.43 bits per heavy atom. The monoisotopic (exact) mass is 426 g/mol. The fraction of sp³-hybridized carbons (Fsp3) is 0.227. The molecule has 1 aliphatic heterocycles. The Kier molecular flexibility index (Phi) is 6.07. The van der Waals surface area contributed by atoms with Crippen LogP contribution < -0.4 is 24.4 Å². The maximum absolute atomic E-state index is 13.3. The number of carbonyl (C=O) groups is 2. The maximum atomic E-state index is 13.3. The van der Waals surface area contributed by atoms with Gasteiger partial charge in [0.1, 0.15) is 11.3 Å². The molecule has 1 heterocycles. The van der Waals surface area contributed by atoms with Crippen LogP contribution in [-0.4, -0.2) is 38.3 Å². The second-order valence-corrected chi connectivity index (χ2v) is 7.14. The Bertz CT molecular complexity index is 1060. The van der Waals surface area contributed by atoms with E-state index in [4.69, 9.17) is 26.4 Å². The number of aryl methyl sites for hydroxylation is 2. The number of amides is 2. The van der Waals surface area contributed by atoms with Crippen molar-refractivity contribution in [3.05, 3.63) is 52.6 Å². The second-order valence-electron chi connectivity index (χ2n) is 6.75.